The van der Waals surface area contributed by atoms with Gasteiger partial charge >= 0.3 is 0 Å². The number of pyridine rings is 1. The van der Waals surface area contributed by atoms with Crippen molar-refractivity contribution in [2.24, 2.45) is 0 Å². The number of fused-ring (bicyclic) bond motifs is 1. The molecule has 3 N–H and O–H groups in total. The van der Waals surface area contributed by atoms with E-state index in [0.29, 0.717) is 21.9 Å². The van der Waals surface area contributed by atoms with Crippen LogP contribution < -0.4 is 10.6 Å². The number of nitrogens with zero attached hydrogens (tertiary/aromatic N) is 1. The average Bonchev–Trinajstić information content (AvgIpc) is 2.72. The lowest BCUT2D eigenvalue weighted by atomic mass is 9.86. The van der Waals surface area contributed by atoms with Crippen LogP contribution in [-0.2, 0) is 5.41 Å². The summed E-state index contributed by atoms with van der Waals surface area (Å²) in [5, 5.41) is 15.3. The predicted octanol–water partition coefficient (Wildman–Crippen LogP) is 5.04. The molecule has 0 atom stereocenters. The largest absolute Gasteiger partial charge is 0.375 e. The second-order valence-electron chi connectivity index (χ2n) is 8.03. The molecule has 0 aliphatic heterocycles. The first-order valence-electron chi connectivity index (χ1n) is 9.63. The summed E-state index contributed by atoms with van der Waals surface area (Å²) in [4.78, 5) is 17.1. The molecule has 1 heterocycles. The summed E-state index contributed by atoms with van der Waals surface area (Å²) in [6, 6.07) is 15.0. The van der Waals surface area contributed by atoms with Crippen LogP contribution in [0, 0.1) is 5.41 Å². The summed E-state index contributed by atoms with van der Waals surface area (Å²) >= 11 is 6.31. The van der Waals surface area contributed by atoms with Crippen LogP contribution in [0.1, 0.15) is 42.3 Å². The number of benzene rings is 2. The van der Waals surface area contributed by atoms with Gasteiger partial charge in [0.1, 0.15) is 5.82 Å². The third-order valence-electron chi connectivity index (χ3n) is 4.80. The summed E-state index contributed by atoms with van der Waals surface area (Å²) in [6.07, 6.45) is 3.25. The Hall–Kier alpha value is -3.18. The van der Waals surface area contributed by atoms with Gasteiger partial charge in [-0.05, 0) is 34.7 Å². The Morgan fingerprint density at radius 1 is 1.13 bits per heavy atom. The van der Waals surface area contributed by atoms with Gasteiger partial charge in [0.2, 0.25) is 0 Å². The highest BCUT2D eigenvalue weighted by molar-refractivity contribution is 6.34. The van der Waals surface area contributed by atoms with Crippen molar-refractivity contribution >= 4 is 34.1 Å². The van der Waals surface area contributed by atoms with Crippen molar-refractivity contribution in [2.45, 2.75) is 26.2 Å². The molecule has 0 radical (unpaired) electrons. The number of hydrogen-bond acceptors (Lipinski definition) is 4. The molecule has 0 fully saturated rings. The lowest BCUT2D eigenvalue weighted by Crippen LogP contribution is -2.30. The number of aromatic nitrogens is 1. The molecule has 154 valence electrons. The third-order valence-corrected chi connectivity index (χ3v) is 5.12. The quantitative estimate of drug-likeness (QED) is 0.506. The summed E-state index contributed by atoms with van der Waals surface area (Å²) in [5.41, 5.74) is 3.31. The minimum absolute atomic E-state index is 0.0502. The zero-order chi connectivity index (χ0) is 21.9. The van der Waals surface area contributed by atoms with Crippen LogP contribution in [0.3, 0.4) is 0 Å². The minimum atomic E-state index is -0.371. The Labute approximate surface area is 181 Å². The fourth-order valence-electron chi connectivity index (χ4n) is 3.00. The van der Waals surface area contributed by atoms with Gasteiger partial charge in [-0.15, -0.1) is 0 Å². The maximum Gasteiger partial charge on any atom is 0.258 e. The molecule has 0 unspecified atom stereocenters. The van der Waals surface area contributed by atoms with E-state index < -0.39 is 0 Å². The molecular weight excluding hydrogens is 396 g/mol. The standard InChI is InChI=1S/C24H25ClN4O/c1-24(2,3)17-9-7-15(8-10-17)20(26)14-22(27-4)29-23(30)18-13-21-16(12-19(18)25)6-5-11-28-21/h5-14,26-27H,1-4H3,(H,29,30)/b22-14+,26-20?. The maximum absolute atomic E-state index is 12.8. The number of halogens is 1. The summed E-state index contributed by atoms with van der Waals surface area (Å²) < 4.78 is 0. The van der Waals surface area contributed by atoms with Crippen molar-refractivity contribution in [1.29, 1.82) is 5.41 Å². The zero-order valence-corrected chi connectivity index (χ0v) is 18.3. The molecule has 2 aromatic carbocycles. The summed E-state index contributed by atoms with van der Waals surface area (Å²) in [5.74, 6) is 0.0334. The zero-order valence-electron chi connectivity index (χ0n) is 17.5. The first kappa shape index (κ1) is 21.5. The van der Waals surface area contributed by atoms with E-state index >= 15 is 0 Å². The van der Waals surface area contributed by atoms with E-state index in [1.165, 1.54) is 5.56 Å². The van der Waals surface area contributed by atoms with E-state index in [0.717, 1.165) is 10.9 Å². The van der Waals surface area contributed by atoms with E-state index in [2.05, 4.69) is 36.4 Å². The van der Waals surface area contributed by atoms with Gasteiger partial charge < -0.3 is 16.0 Å². The number of carbonyl (C=O) groups is 1. The Kier molecular flexibility index (Phi) is 6.22. The molecule has 0 bridgehead atoms. The second kappa shape index (κ2) is 8.67. The lowest BCUT2D eigenvalue weighted by Gasteiger charge is -2.19. The fraction of sp³-hybridized carbons (Fsp3) is 0.208. The predicted molar refractivity (Wildman–Crippen MR) is 123 cm³/mol. The maximum atomic E-state index is 12.8. The van der Waals surface area contributed by atoms with Gasteiger partial charge in [0.05, 0.1) is 21.8 Å². The third kappa shape index (κ3) is 4.86. The van der Waals surface area contributed by atoms with Gasteiger partial charge in [0.15, 0.2) is 0 Å². The molecular formula is C24H25ClN4O. The molecule has 3 aromatic rings. The van der Waals surface area contributed by atoms with E-state index in [1.54, 1.807) is 31.5 Å². The number of nitrogens with one attached hydrogen (secondary N) is 3. The average molecular weight is 421 g/mol. The van der Waals surface area contributed by atoms with Crippen LogP contribution in [0.15, 0.2) is 66.6 Å². The number of hydrogen-bond donors (Lipinski definition) is 3. The molecule has 5 nitrogen and oxygen atoms in total. The van der Waals surface area contributed by atoms with Gasteiger partial charge in [-0.2, -0.15) is 0 Å². The Morgan fingerprint density at radius 3 is 2.47 bits per heavy atom. The number of rotatable bonds is 5. The monoisotopic (exact) mass is 420 g/mol. The Balaban J connectivity index is 1.80. The van der Waals surface area contributed by atoms with Crippen molar-refractivity contribution < 1.29 is 4.79 Å². The highest BCUT2D eigenvalue weighted by Gasteiger charge is 2.15. The second-order valence-corrected chi connectivity index (χ2v) is 8.44. The molecule has 6 heteroatoms. The van der Waals surface area contributed by atoms with Crippen molar-refractivity contribution in [2.75, 3.05) is 7.05 Å². The van der Waals surface area contributed by atoms with Crippen molar-refractivity contribution in [3.05, 3.63) is 88.3 Å². The number of amides is 1. The topological polar surface area (TPSA) is 77.9 Å². The highest BCUT2D eigenvalue weighted by atomic mass is 35.5. The molecule has 3 rings (SSSR count). The van der Waals surface area contributed by atoms with Gasteiger partial charge in [0.25, 0.3) is 5.91 Å². The Morgan fingerprint density at radius 2 is 1.83 bits per heavy atom. The summed E-state index contributed by atoms with van der Waals surface area (Å²) in [6.45, 7) is 6.44. The van der Waals surface area contributed by atoms with Crippen molar-refractivity contribution in [3.63, 3.8) is 0 Å². The van der Waals surface area contributed by atoms with Crippen molar-refractivity contribution in [3.8, 4) is 0 Å². The Bertz CT molecular complexity index is 1130. The van der Waals surface area contributed by atoms with E-state index in [4.69, 9.17) is 17.0 Å². The molecule has 0 saturated heterocycles. The van der Waals surface area contributed by atoms with E-state index in [9.17, 15) is 4.79 Å². The van der Waals surface area contributed by atoms with Crippen molar-refractivity contribution in [1.82, 2.24) is 15.6 Å². The molecule has 0 aliphatic carbocycles. The van der Waals surface area contributed by atoms with Crippen LogP contribution in [0.25, 0.3) is 10.9 Å². The molecule has 0 aliphatic rings. The van der Waals surface area contributed by atoms with Crippen LogP contribution in [0.5, 0.6) is 0 Å². The van der Waals surface area contributed by atoms with Gasteiger partial charge in [-0.1, -0.05) is 62.7 Å². The lowest BCUT2D eigenvalue weighted by molar-refractivity contribution is 0.0964. The SMILES string of the molecule is CN/C(=C\C(=N)c1ccc(C(C)(C)C)cc1)NC(=O)c1cc2ncccc2cc1Cl. The minimum Gasteiger partial charge on any atom is -0.375 e. The smallest absolute Gasteiger partial charge is 0.258 e. The van der Waals surface area contributed by atoms with Gasteiger partial charge in [-0.3, -0.25) is 9.78 Å². The van der Waals surface area contributed by atoms with Crippen LogP contribution >= 0.6 is 11.6 Å². The first-order valence-corrected chi connectivity index (χ1v) is 10.0. The fourth-order valence-corrected chi connectivity index (χ4v) is 3.26. The van der Waals surface area contributed by atoms with E-state index in [-0.39, 0.29) is 17.0 Å². The molecule has 0 spiro atoms. The molecule has 1 amide bonds. The van der Waals surface area contributed by atoms with Crippen LogP contribution in [0.2, 0.25) is 5.02 Å². The molecule has 0 saturated carbocycles. The summed E-state index contributed by atoms with van der Waals surface area (Å²) in [7, 11) is 1.69. The normalized spacial score (nSPS) is 12.0. The number of allylic oxidation sites excluding steroid dienone is 1. The van der Waals surface area contributed by atoms with Gasteiger partial charge in [-0.25, -0.2) is 0 Å². The van der Waals surface area contributed by atoms with Gasteiger partial charge in [0, 0.05) is 24.7 Å². The van der Waals surface area contributed by atoms with E-state index in [1.807, 2.05) is 36.4 Å². The van der Waals surface area contributed by atoms with Crippen LogP contribution in [-0.4, -0.2) is 23.7 Å². The molecule has 1 aromatic heterocycles. The highest BCUT2D eigenvalue weighted by Crippen LogP contribution is 2.24. The molecule has 30 heavy (non-hydrogen) atoms. The first-order chi connectivity index (χ1) is 14.2. The number of carbonyl (C=O) groups excluding carboxylic acids is 1. The van der Waals surface area contributed by atoms with Crippen LogP contribution in [0.4, 0.5) is 0 Å².